The van der Waals surface area contributed by atoms with Crippen LogP contribution in [0, 0.1) is 0 Å². The van der Waals surface area contributed by atoms with Gasteiger partial charge in [0.25, 0.3) is 5.89 Å². The van der Waals surface area contributed by atoms with Crippen LogP contribution in [-0.4, -0.2) is 28.3 Å². The quantitative estimate of drug-likeness (QED) is 0.816. The summed E-state index contributed by atoms with van der Waals surface area (Å²) >= 11 is 0. The monoisotopic (exact) mass is 247 g/mol. The molecular weight excluding hydrogens is 234 g/mol. The maximum Gasteiger partial charge on any atom is 0.264 e. The Hall–Kier alpha value is -1.95. The Labute approximate surface area is 104 Å². The normalized spacial score (nSPS) is 19.0. The van der Waals surface area contributed by atoms with Crippen LogP contribution in [-0.2, 0) is 11.3 Å². The first-order valence-corrected chi connectivity index (χ1v) is 5.85. The van der Waals surface area contributed by atoms with E-state index in [0.717, 1.165) is 13.0 Å². The number of hydrogen-bond acceptors (Lipinski definition) is 6. The van der Waals surface area contributed by atoms with Crippen molar-refractivity contribution in [3.63, 3.8) is 0 Å². The molecule has 0 unspecified atom stereocenters. The molecule has 0 amide bonds. The molecule has 1 saturated heterocycles. The molecule has 1 aliphatic heterocycles. The summed E-state index contributed by atoms with van der Waals surface area (Å²) in [6.07, 6.45) is 4.28. The van der Waals surface area contributed by atoms with E-state index in [1.165, 1.54) is 0 Å². The molecule has 0 bridgehead atoms. The van der Waals surface area contributed by atoms with Gasteiger partial charge in [-0.25, -0.2) is 0 Å². The van der Waals surface area contributed by atoms with Gasteiger partial charge >= 0.3 is 0 Å². The van der Waals surface area contributed by atoms with Gasteiger partial charge in [-0.3, -0.25) is 4.98 Å². The van der Waals surface area contributed by atoms with Gasteiger partial charge in [0.05, 0.1) is 12.8 Å². The predicted molar refractivity (Wildman–Crippen MR) is 61.0 cm³/mol. The largest absolute Gasteiger partial charge is 0.482 e. The third-order valence-electron chi connectivity index (χ3n) is 2.78. The van der Waals surface area contributed by atoms with Crippen molar-refractivity contribution in [1.29, 1.82) is 0 Å². The second kappa shape index (κ2) is 5.14. The molecule has 94 valence electrons. The third kappa shape index (κ3) is 2.48. The summed E-state index contributed by atoms with van der Waals surface area (Å²) in [5.41, 5.74) is 0. The van der Waals surface area contributed by atoms with Crippen LogP contribution in [0.2, 0.25) is 0 Å². The van der Waals surface area contributed by atoms with E-state index in [4.69, 9.17) is 14.0 Å². The molecule has 2 aromatic rings. The van der Waals surface area contributed by atoms with Crippen molar-refractivity contribution in [3.8, 4) is 5.75 Å². The van der Waals surface area contributed by atoms with Crippen LogP contribution in [0.15, 0.2) is 29.0 Å². The molecule has 1 fully saturated rings. The highest BCUT2D eigenvalue weighted by Crippen LogP contribution is 2.22. The lowest BCUT2D eigenvalue weighted by molar-refractivity contribution is 0.192. The van der Waals surface area contributed by atoms with Gasteiger partial charge in [-0.15, -0.1) is 0 Å². The summed E-state index contributed by atoms with van der Waals surface area (Å²) < 4.78 is 15.9. The zero-order chi connectivity index (χ0) is 12.2. The Kier molecular flexibility index (Phi) is 3.18. The van der Waals surface area contributed by atoms with E-state index < -0.39 is 0 Å². The summed E-state index contributed by atoms with van der Waals surface area (Å²) in [7, 11) is 0. The molecular formula is C12H13N3O3. The summed E-state index contributed by atoms with van der Waals surface area (Å²) in [4.78, 5) is 8.26. The Bertz CT molecular complexity index is 494. The molecule has 3 rings (SSSR count). The maximum atomic E-state index is 5.48. The SMILES string of the molecule is c1cncc(OCc2nc([C@@H]3CCOC3)no2)c1. The number of aromatic nitrogens is 3. The Morgan fingerprint density at radius 1 is 1.44 bits per heavy atom. The van der Waals surface area contributed by atoms with Crippen molar-refractivity contribution in [2.24, 2.45) is 0 Å². The van der Waals surface area contributed by atoms with E-state index in [2.05, 4.69) is 15.1 Å². The van der Waals surface area contributed by atoms with Crippen molar-refractivity contribution in [3.05, 3.63) is 36.2 Å². The van der Waals surface area contributed by atoms with Gasteiger partial charge in [-0.1, -0.05) is 5.16 Å². The lowest BCUT2D eigenvalue weighted by Crippen LogP contribution is -2.01. The highest BCUT2D eigenvalue weighted by Gasteiger charge is 2.23. The van der Waals surface area contributed by atoms with Gasteiger partial charge in [0.2, 0.25) is 0 Å². The minimum atomic E-state index is 0.251. The van der Waals surface area contributed by atoms with E-state index in [-0.39, 0.29) is 12.5 Å². The molecule has 0 spiro atoms. The highest BCUT2D eigenvalue weighted by molar-refractivity contribution is 5.15. The van der Waals surface area contributed by atoms with Gasteiger partial charge < -0.3 is 14.0 Å². The van der Waals surface area contributed by atoms with Crippen LogP contribution in [0.5, 0.6) is 5.75 Å². The summed E-state index contributed by atoms with van der Waals surface area (Å²) in [5, 5.41) is 3.95. The first-order chi connectivity index (χ1) is 8.92. The number of pyridine rings is 1. The second-order valence-corrected chi connectivity index (χ2v) is 4.08. The summed E-state index contributed by atoms with van der Waals surface area (Å²) in [6.45, 7) is 1.69. The predicted octanol–water partition coefficient (Wildman–Crippen LogP) is 1.55. The molecule has 3 heterocycles. The van der Waals surface area contributed by atoms with Crippen LogP contribution in [0.25, 0.3) is 0 Å². The molecule has 6 nitrogen and oxygen atoms in total. The van der Waals surface area contributed by atoms with E-state index in [0.29, 0.717) is 24.1 Å². The number of ether oxygens (including phenoxy) is 2. The van der Waals surface area contributed by atoms with Crippen LogP contribution in [0.4, 0.5) is 0 Å². The molecule has 0 aliphatic carbocycles. The van der Waals surface area contributed by atoms with E-state index >= 15 is 0 Å². The molecule has 6 heteroatoms. The zero-order valence-electron chi connectivity index (χ0n) is 9.78. The van der Waals surface area contributed by atoms with Crippen molar-refractivity contribution in [2.45, 2.75) is 18.9 Å². The van der Waals surface area contributed by atoms with E-state index in [9.17, 15) is 0 Å². The first kappa shape index (κ1) is 11.2. The second-order valence-electron chi connectivity index (χ2n) is 4.08. The van der Waals surface area contributed by atoms with E-state index in [1.807, 2.05) is 12.1 Å². The molecule has 1 atom stereocenters. The number of rotatable bonds is 4. The number of hydrogen-bond donors (Lipinski definition) is 0. The molecule has 0 radical (unpaired) electrons. The minimum absolute atomic E-state index is 0.251. The molecule has 0 saturated carbocycles. The lowest BCUT2D eigenvalue weighted by Gasteiger charge is -2.01. The van der Waals surface area contributed by atoms with Crippen LogP contribution < -0.4 is 4.74 Å². The van der Waals surface area contributed by atoms with Crippen LogP contribution in [0.3, 0.4) is 0 Å². The van der Waals surface area contributed by atoms with Gasteiger partial charge in [-0.2, -0.15) is 4.98 Å². The Morgan fingerprint density at radius 3 is 3.22 bits per heavy atom. The smallest absolute Gasteiger partial charge is 0.264 e. The first-order valence-electron chi connectivity index (χ1n) is 5.85. The fourth-order valence-electron chi connectivity index (χ4n) is 1.81. The van der Waals surface area contributed by atoms with Gasteiger partial charge in [0.1, 0.15) is 5.75 Å². The fourth-order valence-corrected chi connectivity index (χ4v) is 1.81. The fraction of sp³-hybridized carbons (Fsp3) is 0.417. The zero-order valence-corrected chi connectivity index (χ0v) is 9.78. The van der Waals surface area contributed by atoms with Crippen molar-refractivity contribution in [2.75, 3.05) is 13.2 Å². The molecule has 2 aromatic heterocycles. The highest BCUT2D eigenvalue weighted by atomic mass is 16.5. The lowest BCUT2D eigenvalue weighted by atomic mass is 10.1. The van der Waals surface area contributed by atoms with Gasteiger partial charge in [0, 0.05) is 18.7 Å². The third-order valence-corrected chi connectivity index (χ3v) is 2.78. The Balaban J connectivity index is 1.60. The van der Waals surface area contributed by atoms with Gasteiger partial charge in [-0.05, 0) is 18.6 Å². The van der Waals surface area contributed by atoms with Crippen LogP contribution in [0.1, 0.15) is 24.1 Å². The maximum absolute atomic E-state index is 5.48. The van der Waals surface area contributed by atoms with E-state index in [1.54, 1.807) is 12.4 Å². The van der Waals surface area contributed by atoms with Crippen molar-refractivity contribution >= 4 is 0 Å². The topological polar surface area (TPSA) is 70.3 Å². The molecule has 18 heavy (non-hydrogen) atoms. The standard InChI is InChI=1S/C12H13N3O3/c1-2-10(6-13-4-1)17-8-11-14-12(15-18-11)9-3-5-16-7-9/h1-2,4,6,9H,3,5,7-8H2/t9-/m1/s1. The van der Waals surface area contributed by atoms with Crippen LogP contribution >= 0.6 is 0 Å². The average Bonchev–Trinajstić information content (AvgIpc) is 3.08. The van der Waals surface area contributed by atoms with Gasteiger partial charge in [0.15, 0.2) is 12.4 Å². The molecule has 1 aliphatic rings. The Morgan fingerprint density at radius 2 is 2.44 bits per heavy atom. The minimum Gasteiger partial charge on any atom is -0.482 e. The number of nitrogens with zero attached hydrogens (tertiary/aromatic N) is 3. The summed E-state index contributed by atoms with van der Waals surface area (Å²) in [6, 6.07) is 3.64. The van der Waals surface area contributed by atoms with Crippen molar-refractivity contribution in [1.82, 2.24) is 15.1 Å². The molecule has 0 N–H and O–H groups in total. The molecule has 0 aromatic carbocycles. The average molecular weight is 247 g/mol. The van der Waals surface area contributed by atoms with Crippen molar-refractivity contribution < 1.29 is 14.0 Å². The summed E-state index contributed by atoms with van der Waals surface area (Å²) in [5.74, 6) is 2.11.